The van der Waals surface area contributed by atoms with E-state index in [4.69, 9.17) is 0 Å². The van der Waals surface area contributed by atoms with E-state index in [1.165, 1.54) is 18.2 Å². The van der Waals surface area contributed by atoms with Crippen molar-refractivity contribution in [2.75, 3.05) is 17.1 Å². The summed E-state index contributed by atoms with van der Waals surface area (Å²) < 4.78 is 25.8. The summed E-state index contributed by atoms with van der Waals surface area (Å²) in [5.41, 5.74) is 3.94. The molecule has 1 N–H and O–H groups in total. The number of rotatable bonds is 9. The number of amides is 1. The average molecular weight is 448 g/mol. The highest BCUT2D eigenvalue weighted by Crippen LogP contribution is 2.28. The van der Waals surface area contributed by atoms with Gasteiger partial charge in [-0.1, -0.05) is 29.8 Å². The molecule has 0 saturated heterocycles. The Morgan fingerprint density at radius 2 is 1.81 bits per heavy atom. The lowest BCUT2D eigenvalue weighted by Crippen LogP contribution is -2.33. The van der Waals surface area contributed by atoms with Crippen LogP contribution >= 0.6 is 0 Å². The van der Waals surface area contributed by atoms with Gasteiger partial charge in [0.2, 0.25) is 15.9 Å². The van der Waals surface area contributed by atoms with Crippen LogP contribution in [0.25, 0.3) is 0 Å². The zero-order chi connectivity index (χ0) is 23.3. The first-order chi connectivity index (χ1) is 14.4. The number of aryl methyl sites for hydroxylation is 3. The van der Waals surface area contributed by atoms with Crippen molar-refractivity contribution < 1.29 is 18.1 Å². The van der Waals surface area contributed by atoms with Crippen molar-refractivity contribution in [2.45, 2.75) is 46.6 Å². The van der Waals surface area contributed by atoms with Crippen LogP contribution in [0.4, 0.5) is 11.4 Å². The summed E-state index contributed by atoms with van der Waals surface area (Å²) in [4.78, 5) is 22.9. The number of non-ortho nitro benzene ring substituents is 1. The Morgan fingerprint density at radius 3 is 2.39 bits per heavy atom. The van der Waals surface area contributed by atoms with Crippen LogP contribution in [0.1, 0.15) is 48.1 Å². The van der Waals surface area contributed by atoms with E-state index in [9.17, 15) is 23.3 Å². The van der Waals surface area contributed by atoms with Gasteiger partial charge in [-0.15, -0.1) is 0 Å². The molecule has 0 aliphatic rings. The van der Waals surface area contributed by atoms with Crippen molar-refractivity contribution in [1.82, 2.24) is 5.32 Å². The molecule has 168 valence electrons. The maximum absolute atomic E-state index is 12.4. The fourth-order valence-corrected chi connectivity index (χ4v) is 4.55. The van der Waals surface area contributed by atoms with Crippen LogP contribution in [0.15, 0.2) is 36.4 Å². The van der Waals surface area contributed by atoms with Crippen molar-refractivity contribution in [3.63, 3.8) is 0 Å². The summed E-state index contributed by atoms with van der Waals surface area (Å²) in [5, 5.41) is 14.0. The third-order valence-electron chi connectivity index (χ3n) is 5.11. The first-order valence-electron chi connectivity index (χ1n) is 9.99. The number of nitro benzene ring substituents is 1. The van der Waals surface area contributed by atoms with Crippen LogP contribution in [-0.4, -0.2) is 32.0 Å². The highest BCUT2D eigenvalue weighted by Gasteiger charge is 2.22. The second kappa shape index (κ2) is 9.91. The molecule has 8 nitrogen and oxygen atoms in total. The molecule has 0 aromatic heterocycles. The van der Waals surface area contributed by atoms with Crippen LogP contribution in [0, 0.1) is 30.9 Å². The number of anilines is 1. The van der Waals surface area contributed by atoms with Gasteiger partial charge >= 0.3 is 0 Å². The molecular weight excluding hydrogens is 418 g/mol. The van der Waals surface area contributed by atoms with E-state index in [-0.39, 0.29) is 42.7 Å². The Bertz CT molecular complexity index is 1080. The Hall–Kier alpha value is -2.94. The minimum atomic E-state index is -3.68. The van der Waals surface area contributed by atoms with E-state index >= 15 is 0 Å². The second-order valence-electron chi connectivity index (χ2n) is 7.82. The first kappa shape index (κ1) is 24.3. The largest absolute Gasteiger partial charge is 0.350 e. The molecule has 0 fully saturated rings. The number of carbonyl (C=O) groups is 1. The quantitative estimate of drug-likeness (QED) is 0.462. The first-order valence-corrected chi connectivity index (χ1v) is 11.8. The van der Waals surface area contributed by atoms with Gasteiger partial charge in [0.15, 0.2) is 0 Å². The average Bonchev–Trinajstić information content (AvgIpc) is 2.64. The maximum atomic E-state index is 12.4. The lowest BCUT2D eigenvalue weighted by atomic mass is 10.00. The van der Waals surface area contributed by atoms with Crippen molar-refractivity contribution >= 4 is 27.3 Å². The molecule has 2 aromatic carbocycles. The predicted molar refractivity (Wildman–Crippen MR) is 122 cm³/mol. The fourth-order valence-electron chi connectivity index (χ4n) is 3.53. The zero-order valence-electron chi connectivity index (χ0n) is 18.5. The van der Waals surface area contributed by atoms with Gasteiger partial charge in [0, 0.05) is 25.1 Å². The highest BCUT2D eigenvalue weighted by atomic mass is 32.2. The van der Waals surface area contributed by atoms with Crippen molar-refractivity contribution in [2.24, 2.45) is 0 Å². The minimum Gasteiger partial charge on any atom is -0.350 e. The number of sulfonamides is 1. The van der Waals surface area contributed by atoms with Crippen LogP contribution in [0.2, 0.25) is 0 Å². The molecule has 2 aromatic rings. The molecule has 2 rings (SSSR count). The number of hydrogen-bond acceptors (Lipinski definition) is 5. The summed E-state index contributed by atoms with van der Waals surface area (Å²) >= 11 is 0. The fraction of sp³-hybridized carbons (Fsp3) is 0.409. The van der Waals surface area contributed by atoms with E-state index in [1.807, 2.05) is 32.9 Å². The van der Waals surface area contributed by atoms with Gasteiger partial charge in [0.05, 0.1) is 22.9 Å². The third-order valence-corrected chi connectivity index (χ3v) is 6.29. The minimum absolute atomic E-state index is 0.0478. The summed E-state index contributed by atoms with van der Waals surface area (Å²) in [7, 11) is -3.68. The molecule has 9 heteroatoms. The molecule has 0 spiro atoms. The van der Waals surface area contributed by atoms with Crippen LogP contribution in [0.5, 0.6) is 0 Å². The van der Waals surface area contributed by atoms with Crippen molar-refractivity contribution in [1.29, 1.82) is 0 Å². The summed E-state index contributed by atoms with van der Waals surface area (Å²) in [6, 6.07) is 9.98. The highest BCUT2D eigenvalue weighted by molar-refractivity contribution is 7.92. The molecule has 0 radical (unpaired) electrons. The Labute approximate surface area is 183 Å². The monoisotopic (exact) mass is 447 g/mol. The lowest BCUT2D eigenvalue weighted by Gasteiger charge is -2.24. The van der Waals surface area contributed by atoms with E-state index in [2.05, 4.69) is 11.4 Å². The molecule has 0 bridgehead atoms. The number of carbonyl (C=O) groups excluding carboxylic acids is 1. The van der Waals surface area contributed by atoms with E-state index in [0.717, 1.165) is 27.3 Å². The van der Waals surface area contributed by atoms with Gasteiger partial charge in [-0.3, -0.25) is 19.2 Å². The summed E-state index contributed by atoms with van der Waals surface area (Å²) in [6.07, 6.45) is 1.46. The van der Waals surface area contributed by atoms with Crippen LogP contribution < -0.4 is 9.62 Å². The topological polar surface area (TPSA) is 110 Å². The van der Waals surface area contributed by atoms with E-state index < -0.39 is 14.9 Å². The molecule has 1 atom stereocenters. The molecular formula is C22H29N3O5S. The number of hydrogen-bond donors (Lipinski definition) is 1. The summed E-state index contributed by atoms with van der Waals surface area (Å²) in [5.74, 6) is -0.184. The van der Waals surface area contributed by atoms with Crippen LogP contribution in [-0.2, 0) is 14.8 Å². The van der Waals surface area contributed by atoms with E-state index in [1.54, 1.807) is 6.92 Å². The number of nitrogens with one attached hydrogen (secondary N) is 1. The van der Waals surface area contributed by atoms with E-state index in [0.29, 0.717) is 5.56 Å². The normalized spacial score (nSPS) is 12.3. The standard InChI is InChI=1S/C22H29N3O5S/c1-15-8-11-20(17(3)13-15)18(4)23-22(26)7-6-12-24(31(5,29)30)21-14-19(25(27)28)10-9-16(21)2/h8-11,13-14,18H,6-7,12H2,1-5H3,(H,23,26). The third kappa shape index (κ3) is 6.52. The maximum Gasteiger partial charge on any atom is 0.271 e. The van der Waals surface area contributed by atoms with Gasteiger partial charge in [0.1, 0.15) is 0 Å². The van der Waals surface area contributed by atoms with Gasteiger partial charge in [-0.25, -0.2) is 8.42 Å². The predicted octanol–water partition coefficient (Wildman–Crippen LogP) is 3.94. The number of nitro groups is 1. The Kier molecular flexibility index (Phi) is 7.78. The van der Waals surface area contributed by atoms with Gasteiger partial charge < -0.3 is 5.32 Å². The summed E-state index contributed by atoms with van der Waals surface area (Å²) in [6.45, 7) is 7.65. The Morgan fingerprint density at radius 1 is 1.13 bits per heavy atom. The molecule has 0 aliphatic carbocycles. The second-order valence-corrected chi connectivity index (χ2v) is 9.72. The Balaban J connectivity index is 2.06. The SMILES string of the molecule is Cc1ccc(C(C)NC(=O)CCCN(c2cc([N+](=O)[O-])ccc2C)S(C)(=O)=O)c(C)c1. The molecule has 31 heavy (non-hydrogen) atoms. The van der Waals surface area contributed by atoms with Crippen molar-refractivity contribution in [3.05, 3.63) is 68.8 Å². The van der Waals surface area contributed by atoms with Crippen LogP contribution in [0.3, 0.4) is 0 Å². The van der Waals surface area contributed by atoms with Gasteiger partial charge in [-0.2, -0.15) is 0 Å². The van der Waals surface area contributed by atoms with Crippen molar-refractivity contribution in [3.8, 4) is 0 Å². The van der Waals surface area contributed by atoms with Gasteiger partial charge in [-0.05, 0) is 50.8 Å². The molecule has 0 aliphatic heterocycles. The molecule has 1 unspecified atom stereocenters. The number of nitrogens with zero attached hydrogens (tertiary/aromatic N) is 2. The zero-order valence-corrected chi connectivity index (χ0v) is 19.3. The lowest BCUT2D eigenvalue weighted by molar-refractivity contribution is -0.384. The molecule has 0 saturated carbocycles. The molecule has 1 amide bonds. The molecule has 0 heterocycles. The number of benzene rings is 2. The van der Waals surface area contributed by atoms with Gasteiger partial charge in [0.25, 0.3) is 5.69 Å². The smallest absolute Gasteiger partial charge is 0.271 e.